The summed E-state index contributed by atoms with van der Waals surface area (Å²) in [6.07, 6.45) is 3.90. The molecule has 0 saturated carbocycles. The van der Waals surface area contributed by atoms with Crippen LogP contribution < -0.4 is 27.1 Å². The highest BCUT2D eigenvalue weighted by molar-refractivity contribution is 5.49. The normalized spacial score (nSPS) is 18.6. The number of halogens is 1. The van der Waals surface area contributed by atoms with E-state index in [-0.39, 0.29) is 28.6 Å². The number of ether oxygens (including phenoxy) is 1. The molecule has 0 radical (unpaired) electrons. The van der Waals surface area contributed by atoms with E-state index in [1.807, 2.05) is 13.8 Å². The van der Waals surface area contributed by atoms with E-state index in [0.29, 0.717) is 24.5 Å². The van der Waals surface area contributed by atoms with Crippen molar-refractivity contribution in [1.82, 2.24) is 25.3 Å². The first-order chi connectivity index (χ1) is 16.4. The lowest BCUT2D eigenvalue weighted by molar-refractivity contribution is 0.0664. The van der Waals surface area contributed by atoms with Crippen molar-refractivity contribution < 1.29 is 9.13 Å². The average Bonchev–Trinajstić information content (AvgIpc) is 3.22. The summed E-state index contributed by atoms with van der Waals surface area (Å²) in [6.45, 7) is 8.31. The third kappa shape index (κ3) is 5.26. The highest BCUT2D eigenvalue weighted by Crippen LogP contribution is 2.26. The van der Waals surface area contributed by atoms with Crippen LogP contribution in [0, 0.1) is 5.82 Å². The second-order valence-corrected chi connectivity index (χ2v) is 8.81. The minimum Gasteiger partial charge on any atom is -0.378 e. The summed E-state index contributed by atoms with van der Waals surface area (Å²) in [7, 11) is 0. The summed E-state index contributed by atoms with van der Waals surface area (Å²) in [5, 5.41) is 3.65. The number of H-pyrrole nitrogens is 3. The van der Waals surface area contributed by atoms with Gasteiger partial charge in [0.1, 0.15) is 22.3 Å². The van der Waals surface area contributed by atoms with Gasteiger partial charge in [0.2, 0.25) is 0 Å². The predicted molar refractivity (Wildman–Crippen MR) is 129 cm³/mol. The molecule has 2 unspecified atom stereocenters. The zero-order valence-electron chi connectivity index (χ0n) is 19.6. The maximum Gasteiger partial charge on any atom is 0.272 e. The molecule has 1 aliphatic rings. The van der Waals surface area contributed by atoms with E-state index in [1.54, 1.807) is 12.1 Å². The van der Waals surface area contributed by atoms with E-state index in [2.05, 4.69) is 27.2 Å². The largest absolute Gasteiger partial charge is 0.378 e. The quantitative estimate of drug-likeness (QED) is 0.435. The second-order valence-electron chi connectivity index (χ2n) is 8.81. The summed E-state index contributed by atoms with van der Waals surface area (Å²) in [5.41, 5.74) is 1.04. The lowest BCUT2D eigenvalue weighted by Gasteiger charge is -2.29. The number of aromatic nitrogens is 4. The van der Waals surface area contributed by atoms with Crippen LogP contribution in [0.5, 0.6) is 0 Å². The van der Waals surface area contributed by atoms with Gasteiger partial charge in [-0.1, -0.05) is 32.9 Å². The zero-order chi connectivity index (χ0) is 24.2. The Morgan fingerprint density at radius 3 is 2.50 bits per heavy atom. The van der Waals surface area contributed by atoms with E-state index in [4.69, 9.17) is 9.72 Å². The SMILES string of the molecule is CCC(c1nc(/C=c2\[nH]c(=O)/c(=C/c3cccc(F)c3)[nH]c2=O)c(C(C)C)[nH]1)C1COCCN1. The van der Waals surface area contributed by atoms with Gasteiger partial charge in [-0.2, -0.15) is 0 Å². The number of rotatable bonds is 6. The van der Waals surface area contributed by atoms with Gasteiger partial charge in [-0.15, -0.1) is 0 Å². The van der Waals surface area contributed by atoms with Crippen molar-refractivity contribution in [2.75, 3.05) is 19.8 Å². The number of imidazole rings is 1. The fourth-order valence-corrected chi connectivity index (χ4v) is 4.25. The van der Waals surface area contributed by atoms with Gasteiger partial charge >= 0.3 is 0 Å². The molecule has 34 heavy (non-hydrogen) atoms. The van der Waals surface area contributed by atoms with Gasteiger partial charge in [-0.3, -0.25) is 9.59 Å². The lowest BCUT2D eigenvalue weighted by atomic mass is 9.96. The number of hydrogen-bond donors (Lipinski definition) is 4. The minimum absolute atomic E-state index is 0.0500. The Kier molecular flexibility index (Phi) is 7.23. The van der Waals surface area contributed by atoms with Crippen molar-refractivity contribution in [3.8, 4) is 0 Å². The Bertz CT molecular complexity index is 1380. The summed E-state index contributed by atoms with van der Waals surface area (Å²) in [4.78, 5) is 38.9. The van der Waals surface area contributed by atoms with E-state index in [0.717, 1.165) is 24.5 Å². The van der Waals surface area contributed by atoms with Crippen molar-refractivity contribution in [2.24, 2.45) is 0 Å². The summed E-state index contributed by atoms with van der Waals surface area (Å²) >= 11 is 0. The molecule has 9 heteroatoms. The van der Waals surface area contributed by atoms with Crippen LogP contribution in [-0.2, 0) is 4.74 Å². The number of benzene rings is 1. The number of nitrogens with zero attached hydrogens (tertiary/aromatic N) is 1. The lowest BCUT2D eigenvalue weighted by Crippen LogP contribution is -2.46. The topological polar surface area (TPSA) is 116 Å². The number of morpholine rings is 1. The Hall–Kier alpha value is -3.30. The maximum absolute atomic E-state index is 13.5. The fraction of sp³-hybridized carbons (Fsp3) is 0.400. The van der Waals surface area contributed by atoms with Crippen LogP contribution in [0.25, 0.3) is 12.2 Å². The smallest absolute Gasteiger partial charge is 0.272 e. The molecule has 4 rings (SSSR count). The van der Waals surface area contributed by atoms with E-state index < -0.39 is 16.9 Å². The van der Waals surface area contributed by atoms with Crippen molar-refractivity contribution in [2.45, 2.75) is 45.1 Å². The molecule has 3 heterocycles. The Labute approximate surface area is 196 Å². The summed E-state index contributed by atoms with van der Waals surface area (Å²) in [6, 6.07) is 5.94. The highest BCUT2D eigenvalue weighted by Gasteiger charge is 2.27. The van der Waals surface area contributed by atoms with Crippen molar-refractivity contribution in [3.63, 3.8) is 0 Å². The van der Waals surface area contributed by atoms with Crippen molar-refractivity contribution in [3.05, 3.63) is 84.3 Å². The molecule has 1 saturated heterocycles. The summed E-state index contributed by atoms with van der Waals surface area (Å²) < 4.78 is 19.1. The zero-order valence-corrected chi connectivity index (χ0v) is 19.6. The molecule has 180 valence electrons. The van der Waals surface area contributed by atoms with Crippen molar-refractivity contribution in [1.29, 1.82) is 0 Å². The van der Waals surface area contributed by atoms with E-state index in [9.17, 15) is 14.0 Å². The van der Waals surface area contributed by atoms with Crippen LogP contribution in [0.15, 0.2) is 33.9 Å². The van der Waals surface area contributed by atoms with Gasteiger partial charge in [0.05, 0.1) is 18.9 Å². The molecule has 1 fully saturated rings. The molecule has 1 aromatic carbocycles. The monoisotopic (exact) mass is 467 g/mol. The van der Waals surface area contributed by atoms with Crippen molar-refractivity contribution >= 4 is 12.2 Å². The van der Waals surface area contributed by atoms with E-state index >= 15 is 0 Å². The molecular formula is C25H30FN5O3. The molecule has 8 nitrogen and oxygen atoms in total. The molecule has 4 N–H and O–H groups in total. The highest BCUT2D eigenvalue weighted by atomic mass is 19.1. The average molecular weight is 468 g/mol. The number of nitrogens with one attached hydrogen (secondary N) is 4. The third-order valence-electron chi connectivity index (χ3n) is 6.01. The molecule has 0 spiro atoms. The Balaban J connectivity index is 1.75. The summed E-state index contributed by atoms with van der Waals surface area (Å²) in [5.74, 6) is 0.663. The van der Waals surface area contributed by atoms with Crippen LogP contribution in [0.1, 0.15) is 61.8 Å². The van der Waals surface area contributed by atoms with Crippen LogP contribution in [0.4, 0.5) is 4.39 Å². The van der Waals surface area contributed by atoms with Gasteiger partial charge in [0.15, 0.2) is 0 Å². The van der Waals surface area contributed by atoms with Gasteiger partial charge in [0.25, 0.3) is 11.1 Å². The minimum atomic E-state index is -0.480. The molecule has 1 aliphatic heterocycles. The first-order valence-corrected chi connectivity index (χ1v) is 11.6. The van der Waals surface area contributed by atoms with Crippen LogP contribution >= 0.6 is 0 Å². The van der Waals surface area contributed by atoms with E-state index in [1.165, 1.54) is 24.3 Å². The molecule has 0 aliphatic carbocycles. The number of aromatic amines is 3. The molecule has 3 aromatic rings. The first kappa shape index (κ1) is 23.8. The molecular weight excluding hydrogens is 437 g/mol. The van der Waals surface area contributed by atoms with Crippen LogP contribution in [0.2, 0.25) is 0 Å². The number of hydrogen-bond acceptors (Lipinski definition) is 5. The fourth-order valence-electron chi connectivity index (χ4n) is 4.25. The maximum atomic E-state index is 13.5. The van der Waals surface area contributed by atoms with Crippen LogP contribution in [0.3, 0.4) is 0 Å². The molecule has 2 aromatic heterocycles. The van der Waals surface area contributed by atoms with Gasteiger partial charge < -0.3 is 25.0 Å². The molecule has 0 amide bonds. The molecule has 0 bridgehead atoms. The second kappa shape index (κ2) is 10.3. The Morgan fingerprint density at radius 2 is 1.88 bits per heavy atom. The standard InChI is InChI=1S/C25H30FN5O3/c1-4-17(21-13-34-9-8-27-21)23-28-18(22(31-23)14(2)3)12-20-25(33)29-19(24(32)30-20)11-15-6-5-7-16(26)10-15/h5-7,10-12,14,17,21,27H,4,8-9,13H2,1-3H3,(H,28,31)(H,29,33)(H,30,32)/b19-11-,20-12-. The first-order valence-electron chi connectivity index (χ1n) is 11.6. The van der Waals surface area contributed by atoms with Crippen LogP contribution in [-0.4, -0.2) is 45.7 Å². The predicted octanol–water partition coefficient (Wildman–Crippen LogP) is 1.19. The van der Waals surface area contributed by atoms with Gasteiger partial charge in [-0.05, 0) is 42.2 Å². The van der Waals surface area contributed by atoms with Gasteiger partial charge in [-0.25, -0.2) is 9.37 Å². The third-order valence-corrected chi connectivity index (χ3v) is 6.01. The Morgan fingerprint density at radius 1 is 1.15 bits per heavy atom. The van der Waals surface area contributed by atoms with Gasteiger partial charge in [0, 0.05) is 24.2 Å². The molecule has 2 atom stereocenters.